The van der Waals surface area contributed by atoms with Gasteiger partial charge in [0.2, 0.25) is 5.91 Å². The van der Waals surface area contributed by atoms with Crippen molar-refractivity contribution in [3.05, 3.63) is 96.1 Å². The van der Waals surface area contributed by atoms with Crippen LogP contribution in [-0.2, 0) is 11.4 Å². The molecule has 3 aromatic carbocycles. The Morgan fingerprint density at radius 1 is 0.857 bits per heavy atom. The van der Waals surface area contributed by atoms with Gasteiger partial charge in [0.25, 0.3) is 0 Å². The molecular weight excluding hydrogens is 350 g/mol. The van der Waals surface area contributed by atoms with E-state index < -0.39 is 0 Å². The van der Waals surface area contributed by atoms with Crippen molar-refractivity contribution in [3.63, 3.8) is 0 Å². The average molecular weight is 373 g/mol. The minimum atomic E-state index is -0.187. The molecule has 0 aliphatic heterocycles. The molecule has 0 aliphatic rings. The molecule has 3 rings (SSSR count). The van der Waals surface area contributed by atoms with Crippen LogP contribution < -0.4 is 14.8 Å². The van der Waals surface area contributed by atoms with Gasteiger partial charge < -0.3 is 14.8 Å². The third-order valence-corrected chi connectivity index (χ3v) is 3.99. The Morgan fingerprint density at radius 3 is 2.18 bits per heavy atom. The number of ether oxygens (including phenoxy) is 2. The summed E-state index contributed by atoms with van der Waals surface area (Å²) in [6.45, 7) is 3.08. The molecule has 0 atom stereocenters. The normalized spacial score (nSPS) is 10.6. The van der Waals surface area contributed by atoms with Gasteiger partial charge in [-0.05, 0) is 60.5 Å². The van der Waals surface area contributed by atoms with E-state index in [0.29, 0.717) is 13.2 Å². The van der Waals surface area contributed by atoms with Crippen molar-refractivity contribution in [3.8, 4) is 11.5 Å². The molecule has 0 radical (unpaired) electrons. The second kappa shape index (κ2) is 9.97. The highest BCUT2D eigenvalue weighted by atomic mass is 16.5. The summed E-state index contributed by atoms with van der Waals surface area (Å²) >= 11 is 0. The van der Waals surface area contributed by atoms with Gasteiger partial charge in [-0.3, -0.25) is 4.79 Å². The summed E-state index contributed by atoms with van der Waals surface area (Å²) in [6.07, 6.45) is 3.28. The molecule has 0 heterocycles. The summed E-state index contributed by atoms with van der Waals surface area (Å²) < 4.78 is 11.2. The summed E-state index contributed by atoms with van der Waals surface area (Å²) in [5.74, 6) is 1.39. The number of nitrogens with one attached hydrogen (secondary N) is 1. The Kier molecular flexibility index (Phi) is 6.85. The molecule has 28 heavy (non-hydrogen) atoms. The fourth-order valence-corrected chi connectivity index (χ4v) is 2.57. The standard InChI is InChI=1S/C24H23NO3/c1-2-27-22-15-11-21(12-16-22)25-24(26)17-10-19-8-13-23(14-9-19)28-18-20-6-4-3-5-7-20/h3-17H,2,18H2,1H3,(H,25,26). The van der Waals surface area contributed by atoms with Crippen molar-refractivity contribution in [1.82, 2.24) is 0 Å². The highest BCUT2D eigenvalue weighted by molar-refractivity contribution is 6.01. The molecule has 1 amide bonds. The monoisotopic (exact) mass is 373 g/mol. The zero-order valence-corrected chi connectivity index (χ0v) is 15.8. The maximum Gasteiger partial charge on any atom is 0.248 e. The van der Waals surface area contributed by atoms with E-state index in [4.69, 9.17) is 9.47 Å². The smallest absolute Gasteiger partial charge is 0.248 e. The number of amides is 1. The molecule has 0 aromatic heterocycles. The minimum absolute atomic E-state index is 0.187. The topological polar surface area (TPSA) is 47.6 Å². The Morgan fingerprint density at radius 2 is 1.50 bits per heavy atom. The molecular formula is C24H23NO3. The summed E-state index contributed by atoms with van der Waals surface area (Å²) in [5.41, 5.74) is 2.77. The third-order valence-electron chi connectivity index (χ3n) is 3.99. The quantitative estimate of drug-likeness (QED) is 0.544. The molecule has 0 aliphatic carbocycles. The van der Waals surface area contributed by atoms with Crippen molar-refractivity contribution < 1.29 is 14.3 Å². The van der Waals surface area contributed by atoms with Crippen LogP contribution in [0.3, 0.4) is 0 Å². The van der Waals surface area contributed by atoms with Gasteiger partial charge in [0.1, 0.15) is 18.1 Å². The van der Waals surface area contributed by atoms with Crippen LogP contribution in [0.25, 0.3) is 6.08 Å². The van der Waals surface area contributed by atoms with E-state index in [2.05, 4.69) is 5.32 Å². The highest BCUT2D eigenvalue weighted by Crippen LogP contribution is 2.17. The lowest BCUT2D eigenvalue weighted by molar-refractivity contribution is -0.111. The number of benzene rings is 3. The van der Waals surface area contributed by atoms with E-state index in [9.17, 15) is 4.79 Å². The second-order valence-corrected chi connectivity index (χ2v) is 6.12. The molecule has 3 aromatic rings. The first kappa shape index (κ1) is 19.2. The van der Waals surface area contributed by atoms with Gasteiger partial charge in [0.05, 0.1) is 6.61 Å². The predicted octanol–water partition coefficient (Wildman–Crippen LogP) is 5.32. The van der Waals surface area contributed by atoms with Crippen LogP contribution in [-0.4, -0.2) is 12.5 Å². The molecule has 0 saturated carbocycles. The Hall–Kier alpha value is -3.53. The Bertz CT molecular complexity index is 901. The van der Waals surface area contributed by atoms with Gasteiger partial charge in [-0.25, -0.2) is 0 Å². The van der Waals surface area contributed by atoms with Crippen molar-refractivity contribution in [2.45, 2.75) is 13.5 Å². The van der Waals surface area contributed by atoms with E-state index in [-0.39, 0.29) is 5.91 Å². The maximum absolute atomic E-state index is 12.1. The molecule has 0 unspecified atom stereocenters. The van der Waals surface area contributed by atoms with E-state index in [1.807, 2.05) is 85.8 Å². The first-order chi connectivity index (χ1) is 13.7. The molecule has 0 bridgehead atoms. The lowest BCUT2D eigenvalue weighted by atomic mass is 10.2. The molecule has 0 fully saturated rings. The van der Waals surface area contributed by atoms with Crippen molar-refractivity contribution >= 4 is 17.7 Å². The van der Waals surface area contributed by atoms with E-state index in [1.165, 1.54) is 6.08 Å². The lowest BCUT2D eigenvalue weighted by Crippen LogP contribution is -2.07. The summed E-state index contributed by atoms with van der Waals surface area (Å²) in [4.78, 5) is 12.1. The van der Waals surface area contributed by atoms with Crippen molar-refractivity contribution in [1.29, 1.82) is 0 Å². The van der Waals surface area contributed by atoms with Gasteiger partial charge in [-0.1, -0.05) is 42.5 Å². The van der Waals surface area contributed by atoms with Crippen molar-refractivity contribution in [2.24, 2.45) is 0 Å². The van der Waals surface area contributed by atoms with Crippen LogP contribution in [0.1, 0.15) is 18.1 Å². The number of carbonyl (C=O) groups excluding carboxylic acids is 1. The summed E-state index contributed by atoms with van der Waals surface area (Å²) in [5, 5.41) is 2.83. The molecule has 1 N–H and O–H groups in total. The van der Waals surface area contributed by atoms with Crippen molar-refractivity contribution in [2.75, 3.05) is 11.9 Å². The summed E-state index contributed by atoms with van der Waals surface area (Å²) in [6, 6.07) is 24.9. The minimum Gasteiger partial charge on any atom is -0.494 e. The zero-order valence-electron chi connectivity index (χ0n) is 15.8. The number of anilines is 1. The predicted molar refractivity (Wildman–Crippen MR) is 112 cm³/mol. The third kappa shape index (κ3) is 6.02. The molecule has 4 heteroatoms. The average Bonchev–Trinajstić information content (AvgIpc) is 2.74. The summed E-state index contributed by atoms with van der Waals surface area (Å²) in [7, 11) is 0. The lowest BCUT2D eigenvalue weighted by Gasteiger charge is -2.06. The first-order valence-electron chi connectivity index (χ1n) is 9.21. The van der Waals surface area contributed by atoms with E-state index in [1.54, 1.807) is 6.08 Å². The highest BCUT2D eigenvalue weighted by Gasteiger charge is 2.00. The largest absolute Gasteiger partial charge is 0.494 e. The van der Waals surface area contributed by atoms with Gasteiger partial charge in [0.15, 0.2) is 0 Å². The number of carbonyl (C=O) groups is 1. The van der Waals surface area contributed by atoms with Gasteiger partial charge in [-0.15, -0.1) is 0 Å². The van der Waals surface area contributed by atoms with Gasteiger partial charge in [0, 0.05) is 11.8 Å². The molecule has 142 valence electrons. The van der Waals surface area contributed by atoms with Gasteiger partial charge in [-0.2, -0.15) is 0 Å². The van der Waals surface area contributed by atoms with Crippen LogP contribution in [0.2, 0.25) is 0 Å². The van der Waals surface area contributed by atoms with Crippen LogP contribution in [0.5, 0.6) is 11.5 Å². The number of rotatable bonds is 8. The van der Waals surface area contributed by atoms with Crippen LogP contribution >= 0.6 is 0 Å². The van der Waals surface area contributed by atoms with E-state index in [0.717, 1.165) is 28.3 Å². The molecule has 0 spiro atoms. The van der Waals surface area contributed by atoms with Crippen LogP contribution in [0.15, 0.2) is 84.9 Å². The Balaban J connectivity index is 1.50. The fourth-order valence-electron chi connectivity index (χ4n) is 2.57. The molecule has 0 saturated heterocycles. The molecule has 4 nitrogen and oxygen atoms in total. The zero-order chi connectivity index (χ0) is 19.6. The first-order valence-corrected chi connectivity index (χ1v) is 9.21. The fraction of sp³-hybridized carbons (Fsp3) is 0.125. The second-order valence-electron chi connectivity index (χ2n) is 6.12. The SMILES string of the molecule is CCOc1ccc(NC(=O)C=Cc2ccc(OCc3ccccc3)cc2)cc1. The Labute approximate surface area is 165 Å². The van der Waals surface area contributed by atoms with Crippen LogP contribution in [0.4, 0.5) is 5.69 Å². The number of hydrogen-bond donors (Lipinski definition) is 1. The van der Waals surface area contributed by atoms with Gasteiger partial charge >= 0.3 is 0 Å². The van der Waals surface area contributed by atoms with E-state index >= 15 is 0 Å². The van der Waals surface area contributed by atoms with Crippen LogP contribution in [0, 0.1) is 0 Å². The number of hydrogen-bond acceptors (Lipinski definition) is 3. The maximum atomic E-state index is 12.1.